The molecule has 1 fully saturated rings. The minimum atomic E-state index is 0.536. The molecule has 1 saturated heterocycles. The molecule has 1 aromatic rings. The van der Waals surface area contributed by atoms with Gasteiger partial charge in [0, 0.05) is 37.2 Å². The first-order valence-corrected chi connectivity index (χ1v) is 6.75. The van der Waals surface area contributed by atoms with Crippen molar-refractivity contribution >= 4 is 11.6 Å². The smallest absolute Gasteiger partial charge is 0.0408 e. The molecule has 0 amide bonds. The number of hydrogen-bond acceptors (Lipinski definition) is 2. The van der Waals surface area contributed by atoms with E-state index in [1.54, 1.807) is 0 Å². The molecule has 2 atom stereocenters. The van der Waals surface area contributed by atoms with E-state index in [9.17, 15) is 0 Å². The van der Waals surface area contributed by atoms with Crippen molar-refractivity contribution in [2.75, 3.05) is 26.2 Å². The lowest BCUT2D eigenvalue weighted by atomic mass is 9.99. The number of hydrogen-bond donors (Lipinski definition) is 1. The third-order valence-electron chi connectivity index (χ3n) is 3.56. The minimum absolute atomic E-state index is 0.536. The van der Waals surface area contributed by atoms with E-state index in [4.69, 9.17) is 11.6 Å². The number of piperazine rings is 1. The van der Waals surface area contributed by atoms with Crippen LogP contribution in [0.15, 0.2) is 24.3 Å². The van der Waals surface area contributed by atoms with Crippen LogP contribution < -0.4 is 5.32 Å². The van der Waals surface area contributed by atoms with Gasteiger partial charge in [0.25, 0.3) is 0 Å². The molecule has 0 saturated carbocycles. The zero-order valence-electron chi connectivity index (χ0n) is 10.6. The standard InChI is InChI=1S/C14H21ClN2/c1-11(13-4-3-5-14(15)8-13)10-17-7-6-16-9-12(17)2/h3-5,8,11-12,16H,6-7,9-10H2,1-2H3/t11?,12-/m1/s1. The highest BCUT2D eigenvalue weighted by Crippen LogP contribution is 2.21. The van der Waals surface area contributed by atoms with Crippen LogP contribution >= 0.6 is 11.6 Å². The second-order valence-corrected chi connectivity index (χ2v) is 5.44. The molecule has 0 spiro atoms. The second-order valence-electron chi connectivity index (χ2n) is 5.00. The van der Waals surface area contributed by atoms with E-state index in [1.807, 2.05) is 12.1 Å². The molecule has 0 bridgehead atoms. The van der Waals surface area contributed by atoms with Crippen molar-refractivity contribution in [3.8, 4) is 0 Å². The molecule has 1 aliphatic heterocycles. The van der Waals surface area contributed by atoms with E-state index in [-0.39, 0.29) is 0 Å². The highest BCUT2D eigenvalue weighted by Gasteiger charge is 2.20. The van der Waals surface area contributed by atoms with Gasteiger partial charge >= 0.3 is 0 Å². The Morgan fingerprint density at radius 1 is 1.53 bits per heavy atom. The summed E-state index contributed by atoms with van der Waals surface area (Å²) in [5.41, 5.74) is 1.34. The van der Waals surface area contributed by atoms with Gasteiger partial charge in [0.15, 0.2) is 0 Å². The minimum Gasteiger partial charge on any atom is -0.314 e. The van der Waals surface area contributed by atoms with Gasteiger partial charge in [-0.1, -0.05) is 30.7 Å². The summed E-state index contributed by atoms with van der Waals surface area (Å²) in [6.45, 7) is 9.03. The molecule has 17 heavy (non-hydrogen) atoms. The van der Waals surface area contributed by atoms with Gasteiger partial charge in [0.1, 0.15) is 0 Å². The lowest BCUT2D eigenvalue weighted by Gasteiger charge is -2.35. The fourth-order valence-corrected chi connectivity index (χ4v) is 2.62. The first kappa shape index (κ1) is 12.9. The summed E-state index contributed by atoms with van der Waals surface area (Å²) in [7, 11) is 0. The lowest BCUT2D eigenvalue weighted by molar-refractivity contribution is 0.166. The molecule has 0 aliphatic carbocycles. The number of halogens is 1. The third-order valence-corrected chi connectivity index (χ3v) is 3.80. The SMILES string of the molecule is CC(CN1CCNC[C@H]1C)c1cccc(Cl)c1. The fraction of sp³-hybridized carbons (Fsp3) is 0.571. The van der Waals surface area contributed by atoms with Gasteiger partial charge in [-0.2, -0.15) is 0 Å². The second kappa shape index (κ2) is 5.85. The number of rotatable bonds is 3. The van der Waals surface area contributed by atoms with Crippen LogP contribution in [0.25, 0.3) is 0 Å². The Morgan fingerprint density at radius 2 is 2.35 bits per heavy atom. The van der Waals surface area contributed by atoms with E-state index >= 15 is 0 Å². The molecule has 1 unspecified atom stereocenters. The monoisotopic (exact) mass is 252 g/mol. The average molecular weight is 253 g/mol. The fourth-order valence-electron chi connectivity index (χ4n) is 2.42. The molecule has 0 aromatic heterocycles. The van der Waals surface area contributed by atoms with Crippen LogP contribution in [0.2, 0.25) is 5.02 Å². The van der Waals surface area contributed by atoms with E-state index in [0.29, 0.717) is 12.0 Å². The predicted molar refractivity (Wildman–Crippen MR) is 73.8 cm³/mol. The van der Waals surface area contributed by atoms with E-state index < -0.39 is 0 Å². The van der Waals surface area contributed by atoms with Crippen LogP contribution in [-0.4, -0.2) is 37.1 Å². The van der Waals surface area contributed by atoms with Crippen molar-refractivity contribution in [3.63, 3.8) is 0 Å². The maximum atomic E-state index is 6.04. The Hall–Kier alpha value is -0.570. The van der Waals surface area contributed by atoms with Crippen molar-refractivity contribution in [2.24, 2.45) is 0 Å². The Morgan fingerprint density at radius 3 is 3.06 bits per heavy atom. The zero-order chi connectivity index (χ0) is 12.3. The molecule has 1 aliphatic rings. The van der Waals surface area contributed by atoms with Crippen molar-refractivity contribution in [2.45, 2.75) is 25.8 Å². The van der Waals surface area contributed by atoms with Gasteiger partial charge < -0.3 is 5.32 Å². The van der Waals surface area contributed by atoms with Crippen molar-refractivity contribution < 1.29 is 0 Å². The topological polar surface area (TPSA) is 15.3 Å². The Bertz CT molecular complexity index is 367. The summed E-state index contributed by atoms with van der Waals surface area (Å²) in [5.74, 6) is 0.536. The molecular weight excluding hydrogens is 232 g/mol. The molecule has 1 N–H and O–H groups in total. The number of benzene rings is 1. The average Bonchev–Trinajstić information content (AvgIpc) is 2.32. The molecule has 1 aromatic carbocycles. The summed E-state index contributed by atoms with van der Waals surface area (Å²) in [4.78, 5) is 2.56. The highest BCUT2D eigenvalue weighted by molar-refractivity contribution is 6.30. The van der Waals surface area contributed by atoms with E-state index in [0.717, 1.165) is 31.2 Å². The molecule has 0 radical (unpaired) electrons. The summed E-state index contributed by atoms with van der Waals surface area (Å²) in [6, 6.07) is 8.86. The van der Waals surface area contributed by atoms with Crippen LogP contribution in [0, 0.1) is 0 Å². The highest BCUT2D eigenvalue weighted by atomic mass is 35.5. The van der Waals surface area contributed by atoms with Gasteiger partial charge in [-0.25, -0.2) is 0 Å². The van der Waals surface area contributed by atoms with Crippen LogP contribution in [0.4, 0.5) is 0 Å². The van der Waals surface area contributed by atoms with Crippen molar-refractivity contribution in [1.82, 2.24) is 10.2 Å². The van der Waals surface area contributed by atoms with Gasteiger partial charge in [-0.15, -0.1) is 0 Å². The Balaban J connectivity index is 1.98. The van der Waals surface area contributed by atoms with Gasteiger partial charge in [-0.05, 0) is 30.5 Å². The lowest BCUT2D eigenvalue weighted by Crippen LogP contribution is -2.50. The molecular formula is C14H21ClN2. The van der Waals surface area contributed by atoms with Crippen LogP contribution in [0.1, 0.15) is 25.3 Å². The van der Waals surface area contributed by atoms with Crippen LogP contribution in [0.3, 0.4) is 0 Å². The van der Waals surface area contributed by atoms with Gasteiger partial charge in [0.05, 0.1) is 0 Å². The molecule has 1 heterocycles. The van der Waals surface area contributed by atoms with Crippen molar-refractivity contribution in [3.05, 3.63) is 34.9 Å². The van der Waals surface area contributed by atoms with E-state index in [1.165, 1.54) is 5.56 Å². The molecule has 3 heteroatoms. The maximum absolute atomic E-state index is 6.04. The summed E-state index contributed by atoms with van der Waals surface area (Å²) in [5, 5.41) is 4.26. The Kier molecular flexibility index (Phi) is 4.43. The van der Waals surface area contributed by atoms with Crippen molar-refractivity contribution in [1.29, 1.82) is 0 Å². The van der Waals surface area contributed by atoms with Gasteiger partial charge in [0.2, 0.25) is 0 Å². The summed E-state index contributed by atoms with van der Waals surface area (Å²) < 4.78 is 0. The van der Waals surface area contributed by atoms with Crippen LogP contribution in [0.5, 0.6) is 0 Å². The predicted octanol–water partition coefficient (Wildman–Crippen LogP) is 2.74. The zero-order valence-corrected chi connectivity index (χ0v) is 11.4. The summed E-state index contributed by atoms with van der Waals surface area (Å²) in [6.07, 6.45) is 0. The summed E-state index contributed by atoms with van der Waals surface area (Å²) >= 11 is 6.04. The van der Waals surface area contributed by atoms with E-state index in [2.05, 4.69) is 36.2 Å². The largest absolute Gasteiger partial charge is 0.314 e. The molecule has 94 valence electrons. The maximum Gasteiger partial charge on any atom is 0.0408 e. The first-order chi connectivity index (χ1) is 8.16. The molecule has 2 nitrogen and oxygen atoms in total. The number of nitrogens with one attached hydrogen (secondary N) is 1. The number of nitrogens with zero attached hydrogens (tertiary/aromatic N) is 1. The first-order valence-electron chi connectivity index (χ1n) is 6.37. The van der Waals surface area contributed by atoms with Gasteiger partial charge in [-0.3, -0.25) is 4.90 Å². The van der Waals surface area contributed by atoms with Crippen LogP contribution in [-0.2, 0) is 0 Å². The Labute approximate surface area is 109 Å². The molecule has 2 rings (SSSR count). The normalized spacial score (nSPS) is 23.6. The quantitative estimate of drug-likeness (QED) is 0.890. The third kappa shape index (κ3) is 3.44.